The Balaban J connectivity index is 1.46. The lowest BCUT2D eigenvalue weighted by molar-refractivity contribution is 0.355. The molecule has 0 amide bonds. The molecule has 4 N–H and O–H groups in total. The van der Waals surface area contributed by atoms with E-state index in [-0.39, 0.29) is 12.8 Å². The normalized spacial score (nSPS) is 12.9. The molecule has 0 heterocycles. The second kappa shape index (κ2) is 17.0. The second-order valence-electron chi connectivity index (χ2n) is 14.3. The highest BCUT2D eigenvalue weighted by Crippen LogP contribution is 2.59. The van der Waals surface area contributed by atoms with Gasteiger partial charge in [-0.2, -0.15) is 0 Å². The standard InChI is InChI=1S/C45H46N2O10P2/c1-54-37-15-5-31(6-16-37)46(32-7-17-38(55-2)18-8-32)35-13-23-41-42-24-14-36(47(33-9-19-39(56-3)20-10-33)34-11-21-40(57-4)22-12-34)30-44(42)45(43(41)29-35,25-27-58(48,49)50)26-28-59(51,52)53/h5-24,29-30H,25-28H2,1-4H3,(H2,48,49,50)(H2,51,52,53). The number of nitrogens with zero attached hydrogens (tertiary/aromatic N) is 2. The van der Waals surface area contributed by atoms with E-state index in [4.69, 9.17) is 18.9 Å². The van der Waals surface area contributed by atoms with Crippen molar-refractivity contribution in [3.63, 3.8) is 0 Å². The van der Waals surface area contributed by atoms with Crippen molar-refractivity contribution in [3.05, 3.63) is 145 Å². The number of methoxy groups -OCH3 is 4. The first-order valence-corrected chi connectivity index (χ1v) is 22.4. The maximum atomic E-state index is 12.7. The molecule has 7 rings (SSSR count). The number of benzene rings is 6. The smallest absolute Gasteiger partial charge is 0.325 e. The van der Waals surface area contributed by atoms with Gasteiger partial charge in [0.25, 0.3) is 0 Å². The van der Waals surface area contributed by atoms with E-state index < -0.39 is 32.9 Å². The summed E-state index contributed by atoms with van der Waals surface area (Å²) < 4.78 is 47.3. The zero-order valence-electron chi connectivity index (χ0n) is 33.1. The van der Waals surface area contributed by atoms with Gasteiger partial charge in [-0.1, -0.05) is 12.1 Å². The lowest BCUT2D eigenvalue weighted by atomic mass is 9.73. The lowest BCUT2D eigenvalue weighted by Gasteiger charge is -2.35. The van der Waals surface area contributed by atoms with Crippen LogP contribution >= 0.6 is 15.2 Å². The quantitative estimate of drug-likeness (QED) is 0.0685. The van der Waals surface area contributed by atoms with Gasteiger partial charge in [-0.05, 0) is 156 Å². The molecular formula is C45H46N2O10P2. The zero-order chi connectivity index (χ0) is 42.0. The van der Waals surface area contributed by atoms with Crippen molar-refractivity contribution in [1.29, 1.82) is 0 Å². The van der Waals surface area contributed by atoms with Crippen LogP contribution in [0.2, 0.25) is 0 Å². The van der Waals surface area contributed by atoms with Crippen LogP contribution in [0.5, 0.6) is 23.0 Å². The van der Waals surface area contributed by atoms with Crippen LogP contribution in [0.15, 0.2) is 133 Å². The number of fused-ring (bicyclic) bond motifs is 3. The van der Waals surface area contributed by atoms with Crippen LogP contribution in [-0.2, 0) is 14.5 Å². The fourth-order valence-corrected chi connectivity index (χ4v) is 9.25. The number of rotatable bonds is 16. The topological polar surface area (TPSA) is 158 Å². The summed E-state index contributed by atoms with van der Waals surface area (Å²) in [4.78, 5) is 45.6. The first-order valence-electron chi connectivity index (χ1n) is 18.8. The van der Waals surface area contributed by atoms with Crippen molar-refractivity contribution in [1.82, 2.24) is 0 Å². The molecule has 59 heavy (non-hydrogen) atoms. The van der Waals surface area contributed by atoms with Gasteiger partial charge in [0.2, 0.25) is 0 Å². The molecule has 6 aromatic rings. The highest BCUT2D eigenvalue weighted by atomic mass is 31.2. The van der Waals surface area contributed by atoms with E-state index >= 15 is 0 Å². The maximum absolute atomic E-state index is 12.7. The third-order valence-electron chi connectivity index (χ3n) is 10.8. The van der Waals surface area contributed by atoms with Gasteiger partial charge in [-0.25, -0.2) is 0 Å². The highest BCUT2D eigenvalue weighted by molar-refractivity contribution is 7.52. The monoisotopic (exact) mass is 836 g/mol. The summed E-state index contributed by atoms with van der Waals surface area (Å²) in [5.74, 6) is 2.71. The van der Waals surface area contributed by atoms with Crippen LogP contribution in [-0.4, -0.2) is 60.3 Å². The minimum absolute atomic E-state index is 0.0830. The minimum Gasteiger partial charge on any atom is -0.497 e. The van der Waals surface area contributed by atoms with Crippen LogP contribution in [0.1, 0.15) is 24.0 Å². The first-order chi connectivity index (χ1) is 28.3. The number of anilines is 6. The third-order valence-corrected chi connectivity index (χ3v) is 12.4. The summed E-state index contributed by atoms with van der Waals surface area (Å²) >= 11 is 0. The maximum Gasteiger partial charge on any atom is 0.325 e. The van der Waals surface area contributed by atoms with Crippen molar-refractivity contribution in [2.75, 3.05) is 50.6 Å². The van der Waals surface area contributed by atoms with E-state index in [1.54, 1.807) is 28.4 Å². The van der Waals surface area contributed by atoms with Crippen LogP contribution in [0.4, 0.5) is 34.1 Å². The fraction of sp³-hybridized carbons (Fsp3) is 0.200. The molecule has 0 aliphatic heterocycles. The van der Waals surface area contributed by atoms with E-state index in [0.717, 1.165) is 45.3 Å². The summed E-state index contributed by atoms with van der Waals surface area (Å²) in [6.07, 6.45) is -1.19. The zero-order valence-corrected chi connectivity index (χ0v) is 34.8. The Morgan fingerprint density at radius 3 is 0.915 bits per heavy atom. The van der Waals surface area contributed by atoms with Crippen molar-refractivity contribution in [2.24, 2.45) is 0 Å². The number of hydrogen-bond donors (Lipinski definition) is 4. The molecule has 0 radical (unpaired) electrons. The Morgan fingerprint density at radius 1 is 0.424 bits per heavy atom. The van der Waals surface area contributed by atoms with E-state index in [0.29, 0.717) is 34.1 Å². The van der Waals surface area contributed by atoms with Crippen LogP contribution < -0.4 is 28.7 Å². The van der Waals surface area contributed by atoms with Gasteiger partial charge in [0, 0.05) is 39.5 Å². The summed E-state index contributed by atoms with van der Waals surface area (Å²) in [5.41, 5.74) is 6.46. The summed E-state index contributed by atoms with van der Waals surface area (Å²) in [6, 6.07) is 42.2. The Bertz CT molecular complexity index is 2230. The Kier molecular flexibility index (Phi) is 11.9. The summed E-state index contributed by atoms with van der Waals surface area (Å²) in [6.45, 7) is 0. The van der Waals surface area contributed by atoms with E-state index in [9.17, 15) is 28.7 Å². The predicted octanol–water partition coefficient (Wildman–Crippen LogP) is 10.1. The molecule has 12 nitrogen and oxygen atoms in total. The predicted molar refractivity (Wildman–Crippen MR) is 231 cm³/mol. The second-order valence-corrected chi connectivity index (χ2v) is 17.8. The van der Waals surface area contributed by atoms with Crippen molar-refractivity contribution in [2.45, 2.75) is 18.3 Å². The molecule has 0 spiro atoms. The fourth-order valence-electron chi connectivity index (χ4n) is 7.91. The molecule has 0 aromatic heterocycles. The van der Waals surface area contributed by atoms with Gasteiger partial charge in [0.05, 0.1) is 40.8 Å². The Labute approximate surface area is 343 Å². The molecule has 0 bridgehead atoms. The molecule has 0 saturated heterocycles. The SMILES string of the molecule is COc1ccc(N(c2ccc(OC)cc2)c2ccc3c(c2)C(CCP(=O)(O)O)(CCP(=O)(O)O)c2cc(N(c4ccc(OC)cc4)c4ccc(OC)cc4)ccc2-3)cc1. The third kappa shape index (κ3) is 8.89. The average Bonchev–Trinajstić information content (AvgIpc) is 3.51. The van der Waals surface area contributed by atoms with E-state index in [1.807, 2.05) is 143 Å². The van der Waals surface area contributed by atoms with Gasteiger partial charge >= 0.3 is 15.2 Å². The van der Waals surface area contributed by atoms with Crippen LogP contribution in [0.3, 0.4) is 0 Å². The Morgan fingerprint density at radius 2 is 0.678 bits per heavy atom. The number of ether oxygens (including phenoxy) is 4. The Hall–Kier alpha value is -5.58. The van der Waals surface area contributed by atoms with Crippen molar-refractivity contribution >= 4 is 49.3 Å². The molecule has 0 atom stereocenters. The summed E-state index contributed by atoms with van der Waals surface area (Å²) in [5, 5.41) is 0. The van der Waals surface area contributed by atoms with Gasteiger partial charge in [-0.15, -0.1) is 0 Å². The van der Waals surface area contributed by atoms with Gasteiger partial charge in [0.15, 0.2) is 0 Å². The van der Waals surface area contributed by atoms with Crippen LogP contribution in [0.25, 0.3) is 11.1 Å². The van der Waals surface area contributed by atoms with E-state index in [1.165, 1.54) is 0 Å². The molecule has 6 aromatic carbocycles. The molecule has 0 saturated carbocycles. The highest BCUT2D eigenvalue weighted by Gasteiger charge is 2.46. The van der Waals surface area contributed by atoms with Crippen molar-refractivity contribution < 1.29 is 47.7 Å². The molecule has 0 fully saturated rings. The van der Waals surface area contributed by atoms with Crippen LogP contribution in [0, 0.1) is 0 Å². The average molecular weight is 837 g/mol. The van der Waals surface area contributed by atoms with Gasteiger partial charge in [0.1, 0.15) is 23.0 Å². The lowest BCUT2D eigenvalue weighted by Crippen LogP contribution is -2.29. The molecule has 1 aliphatic carbocycles. The molecule has 0 unspecified atom stereocenters. The van der Waals surface area contributed by atoms with Crippen molar-refractivity contribution in [3.8, 4) is 34.1 Å². The molecular weight excluding hydrogens is 790 g/mol. The minimum atomic E-state index is -4.60. The van der Waals surface area contributed by atoms with Gasteiger partial charge in [-0.3, -0.25) is 9.13 Å². The van der Waals surface area contributed by atoms with Gasteiger partial charge < -0.3 is 48.3 Å². The molecule has 1 aliphatic rings. The summed E-state index contributed by atoms with van der Waals surface area (Å²) in [7, 11) is -2.80. The first kappa shape index (κ1) is 41.6. The molecule has 14 heteroatoms. The van der Waals surface area contributed by atoms with E-state index in [2.05, 4.69) is 0 Å². The largest absolute Gasteiger partial charge is 0.497 e. The molecule has 306 valence electrons. The number of hydrogen-bond acceptors (Lipinski definition) is 8.